The Kier molecular flexibility index (Phi) is 6.54. The highest BCUT2D eigenvalue weighted by Crippen LogP contribution is 2.25. The molecule has 0 saturated heterocycles. The third-order valence-electron chi connectivity index (χ3n) is 4.78. The zero-order valence-corrected chi connectivity index (χ0v) is 17.5. The van der Waals surface area contributed by atoms with E-state index < -0.39 is 0 Å². The van der Waals surface area contributed by atoms with Crippen LogP contribution in [0.25, 0.3) is 0 Å². The lowest BCUT2D eigenvalue weighted by molar-refractivity contribution is 0.0790. The van der Waals surface area contributed by atoms with Crippen molar-refractivity contribution in [2.75, 3.05) is 25.0 Å². The average molecular weight is 390 g/mol. The maximum absolute atomic E-state index is 13.0. The molecule has 1 aromatic carbocycles. The summed E-state index contributed by atoms with van der Waals surface area (Å²) in [5.74, 6) is 1.21. The number of nitrogens with zero attached hydrogens (tertiary/aromatic N) is 5. The van der Waals surface area contributed by atoms with Gasteiger partial charge in [0, 0.05) is 44.3 Å². The minimum Gasteiger partial charge on any atom is -0.340 e. The van der Waals surface area contributed by atoms with Crippen LogP contribution >= 0.6 is 0 Å². The second-order valence-electron chi connectivity index (χ2n) is 7.07. The quantitative estimate of drug-likeness (QED) is 0.612. The van der Waals surface area contributed by atoms with Crippen LogP contribution in [-0.4, -0.2) is 45.9 Å². The maximum Gasteiger partial charge on any atom is 0.272 e. The fourth-order valence-electron chi connectivity index (χ4n) is 3.22. The van der Waals surface area contributed by atoms with Gasteiger partial charge in [-0.3, -0.25) is 9.78 Å². The summed E-state index contributed by atoms with van der Waals surface area (Å²) in [6, 6.07) is 14.0. The lowest BCUT2D eigenvalue weighted by Gasteiger charge is -2.24. The van der Waals surface area contributed by atoms with Gasteiger partial charge < -0.3 is 9.80 Å². The highest BCUT2D eigenvalue weighted by atomic mass is 16.2. The second-order valence-corrected chi connectivity index (χ2v) is 7.07. The Labute approximate surface area is 172 Å². The minimum absolute atomic E-state index is 0.105. The van der Waals surface area contributed by atoms with Crippen molar-refractivity contribution in [1.82, 2.24) is 19.9 Å². The van der Waals surface area contributed by atoms with Crippen LogP contribution in [0.3, 0.4) is 0 Å². The molecule has 3 aromatic rings. The number of likely N-dealkylation sites (N-methyl/N-ethyl adjacent to an activating group) is 1. The highest BCUT2D eigenvalue weighted by molar-refractivity contribution is 5.93. The number of hydrogen-bond acceptors (Lipinski definition) is 5. The Hall–Kier alpha value is -3.28. The summed E-state index contributed by atoms with van der Waals surface area (Å²) in [7, 11) is 1.80. The van der Waals surface area contributed by atoms with Gasteiger partial charge in [0.2, 0.25) is 0 Å². The summed E-state index contributed by atoms with van der Waals surface area (Å²) in [5, 5.41) is 0. The molecule has 0 saturated carbocycles. The minimum atomic E-state index is -0.105. The summed E-state index contributed by atoms with van der Waals surface area (Å²) in [5.41, 5.74) is 3.79. The van der Waals surface area contributed by atoms with Crippen LogP contribution in [0.4, 0.5) is 11.5 Å². The predicted octanol–water partition coefficient (Wildman–Crippen LogP) is 3.96. The smallest absolute Gasteiger partial charge is 0.272 e. The van der Waals surface area contributed by atoms with Gasteiger partial charge in [0.25, 0.3) is 5.91 Å². The number of aromatic nitrogens is 3. The van der Waals surface area contributed by atoms with Gasteiger partial charge in [-0.15, -0.1) is 0 Å². The Morgan fingerprint density at radius 2 is 1.79 bits per heavy atom. The normalized spacial score (nSPS) is 10.6. The third kappa shape index (κ3) is 5.16. The summed E-state index contributed by atoms with van der Waals surface area (Å²) < 4.78 is 0. The molecule has 150 valence electrons. The first-order valence-electron chi connectivity index (χ1n) is 9.82. The van der Waals surface area contributed by atoms with Gasteiger partial charge in [-0.25, -0.2) is 9.97 Å². The highest BCUT2D eigenvalue weighted by Gasteiger charge is 2.18. The standard InChI is InChI=1S/C23H27N5O/c1-5-28(20-8-6-7-17(2)15-20)22-16-21(25-18(3)26-22)23(29)27(4)14-11-19-9-12-24-13-10-19/h6-10,12-13,15-16H,5,11,14H2,1-4H3. The van der Waals surface area contributed by atoms with E-state index in [-0.39, 0.29) is 5.91 Å². The Morgan fingerprint density at radius 3 is 2.48 bits per heavy atom. The van der Waals surface area contributed by atoms with E-state index in [0.717, 1.165) is 30.0 Å². The van der Waals surface area contributed by atoms with Crippen LogP contribution in [0.2, 0.25) is 0 Å². The zero-order valence-electron chi connectivity index (χ0n) is 17.5. The van der Waals surface area contributed by atoms with E-state index in [4.69, 9.17) is 0 Å². The van der Waals surface area contributed by atoms with E-state index in [1.54, 1.807) is 30.4 Å². The van der Waals surface area contributed by atoms with Crippen molar-refractivity contribution in [2.24, 2.45) is 0 Å². The molecule has 6 nitrogen and oxygen atoms in total. The fraction of sp³-hybridized carbons (Fsp3) is 0.304. The molecule has 2 heterocycles. The SMILES string of the molecule is CCN(c1cccc(C)c1)c1cc(C(=O)N(C)CCc2ccncc2)nc(C)n1. The average Bonchev–Trinajstić information content (AvgIpc) is 2.72. The molecule has 1 amide bonds. The number of benzene rings is 1. The molecular formula is C23H27N5O. The van der Waals surface area contributed by atoms with Crippen molar-refractivity contribution < 1.29 is 4.79 Å². The number of carbonyl (C=O) groups is 1. The van der Waals surface area contributed by atoms with Crippen molar-refractivity contribution in [1.29, 1.82) is 0 Å². The molecule has 0 spiro atoms. The van der Waals surface area contributed by atoms with Crippen LogP contribution in [0.5, 0.6) is 0 Å². The summed E-state index contributed by atoms with van der Waals surface area (Å²) in [6.45, 7) is 7.31. The number of carbonyl (C=O) groups excluding carboxylic acids is 1. The van der Waals surface area contributed by atoms with Crippen molar-refractivity contribution in [3.8, 4) is 0 Å². The first-order chi connectivity index (χ1) is 14.0. The molecule has 0 N–H and O–H groups in total. The lowest BCUT2D eigenvalue weighted by Crippen LogP contribution is -2.30. The third-order valence-corrected chi connectivity index (χ3v) is 4.78. The number of hydrogen-bond donors (Lipinski definition) is 0. The van der Waals surface area contributed by atoms with E-state index >= 15 is 0 Å². The van der Waals surface area contributed by atoms with E-state index in [2.05, 4.69) is 51.9 Å². The largest absolute Gasteiger partial charge is 0.340 e. The van der Waals surface area contributed by atoms with Crippen molar-refractivity contribution in [3.63, 3.8) is 0 Å². The molecule has 0 bridgehead atoms. The van der Waals surface area contributed by atoms with Crippen LogP contribution in [-0.2, 0) is 6.42 Å². The molecule has 0 aliphatic carbocycles. The predicted molar refractivity (Wildman–Crippen MR) is 116 cm³/mol. The van der Waals surface area contributed by atoms with Gasteiger partial charge in [-0.05, 0) is 62.6 Å². The van der Waals surface area contributed by atoms with E-state index in [1.165, 1.54) is 5.56 Å². The van der Waals surface area contributed by atoms with Crippen LogP contribution in [0.15, 0.2) is 54.9 Å². The second kappa shape index (κ2) is 9.28. The van der Waals surface area contributed by atoms with Gasteiger partial charge in [-0.1, -0.05) is 12.1 Å². The molecule has 29 heavy (non-hydrogen) atoms. The molecule has 0 fully saturated rings. The molecular weight excluding hydrogens is 362 g/mol. The molecule has 0 aliphatic rings. The topological polar surface area (TPSA) is 62.2 Å². The van der Waals surface area contributed by atoms with Gasteiger partial charge >= 0.3 is 0 Å². The van der Waals surface area contributed by atoms with Crippen molar-refractivity contribution >= 4 is 17.4 Å². The van der Waals surface area contributed by atoms with Crippen LogP contribution < -0.4 is 4.90 Å². The Balaban J connectivity index is 1.81. The first-order valence-corrected chi connectivity index (χ1v) is 9.82. The monoisotopic (exact) mass is 389 g/mol. The van der Waals surface area contributed by atoms with Gasteiger partial charge in [0.1, 0.15) is 17.3 Å². The summed E-state index contributed by atoms with van der Waals surface area (Å²) in [4.78, 5) is 29.8. The zero-order chi connectivity index (χ0) is 20.8. The summed E-state index contributed by atoms with van der Waals surface area (Å²) >= 11 is 0. The Morgan fingerprint density at radius 1 is 1.03 bits per heavy atom. The number of amides is 1. The molecule has 3 rings (SSSR count). The van der Waals surface area contributed by atoms with Crippen LogP contribution in [0, 0.1) is 13.8 Å². The molecule has 2 aromatic heterocycles. The Bertz CT molecular complexity index is 974. The van der Waals surface area contributed by atoms with Gasteiger partial charge in [-0.2, -0.15) is 0 Å². The first kappa shape index (κ1) is 20.5. The van der Waals surface area contributed by atoms with Crippen molar-refractivity contribution in [2.45, 2.75) is 27.2 Å². The maximum atomic E-state index is 13.0. The van der Waals surface area contributed by atoms with E-state index in [9.17, 15) is 4.79 Å². The molecule has 0 unspecified atom stereocenters. The van der Waals surface area contributed by atoms with E-state index in [0.29, 0.717) is 18.1 Å². The van der Waals surface area contributed by atoms with Gasteiger partial charge in [0.05, 0.1) is 0 Å². The molecule has 0 atom stereocenters. The summed E-state index contributed by atoms with van der Waals surface area (Å²) in [6.07, 6.45) is 4.30. The molecule has 6 heteroatoms. The van der Waals surface area contributed by atoms with Gasteiger partial charge in [0.15, 0.2) is 0 Å². The van der Waals surface area contributed by atoms with E-state index in [1.807, 2.05) is 25.1 Å². The van der Waals surface area contributed by atoms with Crippen molar-refractivity contribution in [3.05, 3.63) is 77.5 Å². The number of anilines is 2. The molecule has 0 radical (unpaired) electrons. The number of rotatable bonds is 7. The molecule has 0 aliphatic heterocycles. The fourth-order valence-corrected chi connectivity index (χ4v) is 3.22. The number of aryl methyl sites for hydroxylation is 2. The lowest BCUT2D eigenvalue weighted by atomic mass is 10.2. The number of pyridine rings is 1. The van der Waals surface area contributed by atoms with Crippen LogP contribution in [0.1, 0.15) is 34.4 Å².